The Kier molecular flexibility index (Phi) is 4.57. The Balaban J connectivity index is 2.00. The third-order valence-electron chi connectivity index (χ3n) is 4.26. The van der Waals surface area contributed by atoms with E-state index in [-0.39, 0.29) is 0 Å². The average molecular weight is 303 g/mol. The maximum atomic E-state index is 5.94. The second kappa shape index (κ2) is 6.78. The fraction of sp³-hybridized carbons (Fsp3) is 0.227. The second-order valence-electron chi connectivity index (χ2n) is 5.92. The first-order valence-corrected chi connectivity index (χ1v) is 8.33. The van der Waals surface area contributed by atoms with Gasteiger partial charge in [0.05, 0.1) is 18.6 Å². The zero-order chi connectivity index (χ0) is 16.2. The first-order valence-electron chi connectivity index (χ1n) is 8.33. The lowest BCUT2D eigenvalue weighted by molar-refractivity contribution is 0.532. The minimum atomic E-state index is 0.919. The molecule has 0 aliphatic rings. The molecule has 0 unspecified atom stereocenters. The lowest BCUT2D eigenvalue weighted by Crippen LogP contribution is -1.86. The minimum Gasteiger partial charge on any atom is -0.213 e. The summed E-state index contributed by atoms with van der Waals surface area (Å²) in [6.45, 7) is 6.36. The maximum absolute atomic E-state index is 5.94. The molecule has 0 saturated heterocycles. The fourth-order valence-corrected chi connectivity index (χ4v) is 2.78. The van der Waals surface area contributed by atoms with Gasteiger partial charge in [-0.1, -0.05) is 50.2 Å². The molecule has 3 rings (SSSR count). The van der Waals surface area contributed by atoms with Crippen molar-refractivity contribution < 1.29 is 4.42 Å². The molecule has 3 aromatic rings. The van der Waals surface area contributed by atoms with Crippen molar-refractivity contribution in [3.63, 3.8) is 0 Å². The summed E-state index contributed by atoms with van der Waals surface area (Å²) in [6.07, 6.45) is 2.12. The molecule has 2 aromatic carbocycles. The van der Waals surface area contributed by atoms with Crippen molar-refractivity contribution in [1.82, 2.24) is 0 Å². The van der Waals surface area contributed by atoms with E-state index in [9.17, 15) is 0 Å². The molecule has 0 N–H and O–H groups in total. The Bertz CT molecular complexity index is 717. The lowest BCUT2D eigenvalue weighted by Gasteiger charge is -2.03. The third kappa shape index (κ3) is 3.50. The van der Waals surface area contributed by atoms with Gasteiger partial charge in [0.2, 0.25) is 0 Å². The van der Waals surface area contributed by atoms with Crippen molar-refractivity contribution in [3.05, 3.63) is 77.6 Å². The van der Waals surface area contributed by atoms with Gasteiger partial charge in [0, 0.05) is 11.6 Å². The second-order valence-corrected chi connectivity index (χ2v) is 5.92. The van der Waals surface area contributed by atoms with E-state index in [0.717, 1.165) is 29.9 Å². The van der Waals surface area contributed by atoms with Crippen molar-refractivity contribution in [3.8, 4) is 22.5 Å². The Morgan fingerprint density at radius 3 is 1.70 bits per heavy atom. The van der Waals surface area contributed by atoms with E-state index in [4.69, 9.17) is 4.42 Å². The van der Waals surface area contributed by atoms with Crippen LogP contribution >= 0.6 is 0 Å². The Labute approximate surface area is 138 Å². The molecule has 0 saturated carbocycles. The van der Waals surface area contributed by atoms with Gasteiger partial charge < -0.3 is 0 Å². The van der Waals surface area contributed by atoms with E-state index in [0.29, 0.717) is 0 Å². The first-order chi connectivity index (χ1) is 11.2. The molecule has 0 fully saturated rings. The molecule has 0 aliphatic carbocycles. The van der Waals surface area contributed by atoms with Crippen molar-refractivity contribution in [2.45, 2.75) is 33.6 Å². The number of rotatable bonds is 4. The molecule has 1 heteroatoms. The topological polar surface area (TPSA) is 11.3 Å². The van der Waals surface area contributed by atoms with Crippen LogP contribution in [0, 0.1) is 6.92 Å². The predicted molar refractivity (Wildman–Crippen MR) is 97.5 cm³/mol. The molecule has 1 nitrogen and oxygen atoms in total. The van der Waals surface area contributed by atoms with Crippen molar-refractivity contribution in [1.29, 1.82) is 0 Å². The van der Waals surface area contributed by atoms with Crippen LogP contribution in [-0.4, -0.2) is 0 Å². The summed E-state index contributed by atoms with van der Waals surface area (Å²) in [6, 6.07) is 21.6. The highest BCUT2D eigenvalue weighted by atomic mass is 16.3. The zero-order valence-corrected chi connectivity index (χ0v) is 14.1. The Morgan fingerprint density at radius 1 is 0.652 bits per heavy atom. The van der Waals surface area contributed by atoms with Crippen LogP contribution in [0.4, 0.5) is 0 Å². The lowest BCUT2D eigenvalue weighted by atomic mass is 10.0. The number of aryl methyl sites for hydroxylation is 3. The van der Waals surface area contributed by atoms with Gasteiger partial charge in [-0.3, -0.25) is 0 Å². The highest BCUT2D eigenvalue weighted by Crippen LogP contribution is 2.28. The monoisotopic (exact) mass is 303 g/mol. The van der Waals surface area contributed by atoms with Crippen LogP contribution in [-0.2, 0) is 12.8 Å². The third-order valence-corrected chi connectivity index (χ3v) is 4.26. The molecule has 23 heavy (non-hydrogen) atoms. The summed E-state index contributed by atoms with van der Waals surface area (Å²) in [5.41, 5.74) is 6.26. The normalized spacial score (nSPS) is 10.7. The van der Waals surface area contributed by atoms with Crippen LogP contribution in [0.2, 0.25) is 0 Å². The van der Waals surface area contributed by atoms with Crippen LogP contribution in [0.3, 0.4) is 0 Å². The van der Waals surface area contributed by atoms with Crippen LogP contribution in [0.1, 0.15) is 30.7 Å². The number of benzene rings is 2. The summed E-state index contributed by atoms with van der Waals surface area (Å²) in [5.74, 6) is 1.85. The fourth-order valence-electron chi connectivity index (χ4n) is 2.78. The van der Waals surface area contributed by atoms with Crippen molar-refractivity contribution in [2.24, 2.45) is 0 Å². The molecule has 0 amide bonds. The molecule has 0 atom stereocenters. The van der Waals surface area contributed by atoms with Gasteiger partial charge in [0.25, 0.3) is 0 Å². The highest BCUT2D eigenvalue weighted by Gasteiger charge is 2.16. The van der Waals surface area contributed by atoms with Gasteiger partial charge in [0.1, 0.15) is 0 Å². The smallest absolute Gasteiger partial charge is 0.213 e. The van der Waals surface area contributed by atoms with Crippen molar-refractivity contribution >= 4 is 0 Å². The quantitative estimate of drug-likeness (QED) is 0.513. The number of hydrogen-bond donors (Lipinski definition) is 0. The molecule has 1 aromatic heterocycles. The van der Waals surface area contributed by atoms with E-state index >= 15 is 0 Å². The largest absolute Gasteiger partial charge is 0.360 e. The average Bonchev–Trinajstić information content (AvgIpc) is 2.61. The van der Waals surface area contributed by atoms with Gasteiger partial charge in [-0.05, 0) is 41.7 Å². The van der Waals surface area contributed by atoms with Crippen LogP contribution in [0.5, 0.6) is 0 Å². The van der Waals surface area contributed by atoms with Crippen LogP contribution < -0.4 is 0 Å². The van der Waals surface area contributed by atoms with E-state index in [2.05, 4.69) is 74.5 Å². The van der Waals surface area contributed by atoms with Crippen LogP contribution in [0.25, 0.3) is 22.5 Å². The van der Waals surface area contributed by atoms with E-state index in [1.165, 1.54) is 22.3 Å². The Morgan fingerprint density at radius 2 is 1.17 bits per heavy atom. The molecule has 1 heterocycles. The molecular weight excluding hydrogens is 280 g/mol. The molecule has 0 aliphatic heterocycles. The highest BCUT2D eigenvalue weighted by molar-refractivity contribution is 5.70. The SMILES string of the molecule is CCc1ccc(-c2cc(C)[o+]c(-c3ccc(CC)cc3)c2)cc1. The molecule has 0 spiro atoms. The summed E-state index contributed by atoms with van der Waals surface area (Å²) >= 11 is 0. The first kappa shape index (κ1) is 15.5. The van der Waals surface area contributed by atoms with Crippen LogP contribution in [0.15, 0.2) is 65.1 Å². The van der Waals surface area contributed by atoms with E-state index in [1.54, 1.807) is 0 Å². The summed E-state index contributed by atoms with van der Waals surface area (Å²) in [4.78, 5) is 0. The predicted octanol–water partition coefficient (Wildman–Crippen LogP) is 6.33. The van der Waals surface area contributed by atoms with Gasteiger partial charge in [-0.2, -0.15) is 0 Å². The Hall–Kier alpha value is -2.41. The van der Waals surface area contributed by atoms with E-state index < -0.39 is 0 Å². The summed E-state index contributed by atoms with van der Waals surface area (Å²) < 4.78 is 5.94. The molecule has 0 radical (unpaired) electrons. The molecule has 116 valence electrons. The molecular formula is C22H23O+. The van der Waals surface area contributed by atoms with Gasteiger partial charge >= 0.3 is 11.5 Å². The van der Waals surface area contributed by atoms with Gasteiger partial charge in [0.15, 0.2) is 0 Å². The summed E-state index contributed by atoms with van der Waals surface area (Å²) in [5, 5.41) is 0. The molecule has 0 bridgehead atoms. The van der Waals surface area contributed by atoms with Gasteiger partial charge in [-0.15, -0.1) is 0 Å². The maximum Gasteiger partial charge on any atom is 0.360 e. The summed E-state index contributed by atoms with van der Waals surface area (Å²) in [7, 11) is 0. The van der Waals surface area contributed by atoms with Gasteiger partial charge in [-0.25, -0.2) is 4.42 Å². The number of hydrogen-bond acceptors (Lipinski definition) is 0. The minimum absolute atomic E-state index is 0.919. The van der Waals surface area contributed by atoms with E-state index in [1.807, 2.05) is 6.92 Å². The zero-order valence-electron chi connectivity index (χ0n) is 14.1. The van der Waals surface area contributed by atoms with Crippen molar-refractivity contribution in [2.75, 3.05) is 0 Å². The standard InChI is InChI=1S/C22H23O/c1-4-17-6-10-19(11-7-17)21-14-16(3)23-22(15-21)20-12-8-18(5-2)9-13-20/h6-15H,4-5H2,1-3H3/q+1.